The van der Waals surface area contributed by atoms with Gasteiger partial charge in [-0.05, 0) is 29.9 Å². The summed E-state index contributed by atoms with van der Waals surface area (Å²) in [5, 5.41) is 15.6. The largest absolute Gasteiger partial charge is 0.341 e. The summed E-state index contributed by atoms with van der Waals surface area (Å²) >= 11 is 2.61. The first-order chi connectivity index (χ1) is 15.6. The van der Waals surface area contributed by atoms with E-state index in [-0.39, 0.29) is 23.6 Å². The van der Waals surface area contributed by atoms with Crippen LogP contribution in [0.4, 0.5) is 5.13 Å². The van der Waals surface area contributed by atoms with Crippen LogP contribution in [0.5, 0.6) is 0 Å². The SMILES string of the molecule is O=C(NC(Cc1ccccc1)C(=O)N1CCC(C(=O)Nc2nncs2)CC1)c1cccs1. The van der Waals surface area contributed by atoms with Crippen LogP contribution < -0.4 is 10.6 Å². The summed E-state index contributed by atoms with van der Waals surface area (Å²) < 4.78 is 0. The molecule has 2 N–H and O–H groups in total. The molecule has 1 saturated heterocycles. The van der Waals surface area contributed by atoms with Crippen molar-refractivity contribution in [1.82, 2.24) is 20.4 Å². The Hall–Kier alpha value is -3.11. The number of piperidine rings is 1. The van der Waals surface area contributed by atoms with Crippen LogP contribution in [0.25, 0.3) is 0 Å². The Morgan fingerprint density at radius 3 is 2.50 bits per heavy atom. The maximum absolute atomic E-state index is 13.3. The summed E-state index contributed by atoms with van der Waals surface area (Å²) in [5.74, 6) is -0.653. The fourth-order valence-electron chi connectivity index (χ4n) is 3.70. The van der Waals surface area contributed by atoms with Crippen molar-refractivity contribution in [3.63, 3.8) is 0 Å². The van der Waals surface area contributed by atoms with E-state index < -0.39 is 6.04 Å². The van der Waals surface area contributed by atoms with Crippen molar-refractivity contribution < 1.29 is 14.4 Å². The summed E-state index contributed by atoms with van der Waals surface area (Å²) in [5.41, 5.74) is 2.54. The lowest BCUT2D eigenvalue weighted by molar-refractivity contribution is -0.136. The average molecular weight is 470 g/mol. The topological polar surface area (TPSA) is 104 Å². The average Bonchev–Trinajstić information content (AvgIpc) is 3.53. The third-order valence-corrected chi connectivity index (χ3v) is 6.87. The predicted molar refractivity (Wildman–Crippen MR) is 124 cm³/mol. The first kappa shape index (κ1) is 22.1. The smallest absolute Gasteiger partial charge is 0.262 e. The third-order valence-electron chi connectivity index (χ3n) is 5.40. The van der Waals surface area contributed by atoms with Crippen LogP contribution in [-0.4, -0.2) is 52.0 Å². The van der Waals surface area contributed by atoms with Gasteiger partial charge in [0.05, 0.1) is 4.88 Å². The van der Waals surface area contributed by atoms with Gasteiger partial charge in [0.1, 0.15) is 11.6 Å². The zero-order valence-electron chi connectivity index (χ0n) is 17.3. The molecule has 166 valence electrons. The van der Waals surface area contributed by atoms with E-state index in [0.29, 0.717) is 42.4 Å². The van der Waals surface area contributed by atoms with E-state index in [1.807, 2.05) is 41.8 Å². The fraction of sp³-hybridized carbons (Fsp3) is 0.318. The Bertz CT molecular complexity index is 1030. The maximum Gasteiger partial charge on any atom is 0.262 e. The molecule has 0 aliphatic carbocycles. The second-order valence-electron chi connectivity index (χ2n) is 7.53. The Kier molecular flexibility index (Phi) is 7.23. The van der Waals surface area contributed by atoms with Gasteiger partial charge in [-0.2, -0.15) is 0 Å². The number of thiophene rings is 1. The Balaban J connectivity index is 1.39. The quantitative estimate of drug-likeness (QED) is 0.554. The van der Waals surface area contributed by atoms with Crippen LogP contribution in [0, 0.1) is 5.92 Å². The van der Waals surface area contributed by atoms with Crippen LogP contribution in [0.1, 0.15) is 28.1 Å². The summed E-state index contributed by atoms with van der Waals surface area (Å²) in [6.45, 7) is 0.931. The minimum Gasteiger partial charge on any atom is -0.341 e. The number of nitrogens with zero attached hydrogens (tertiary/aromatic N) is 3. The number of amides is 3. The summed E-state index contributed by atoms with van der Waals surface area (Å²) in [6.07, 6.45) is 1.54. The highest BCUT2D eigenvalue weighted by Crippen LogP contribution is 2.21. The second-order valence-corrected chi connectivity index (χ2v) is 9.31. The van der Waals surface area contributed by atoms with E-state index in [9.17, 15) is 14.4 Å². The molecule has 0 saturated carbocycles. The van der Waals surface area contributed by atoms with E-state index in [1.54, 1.807) is 16.5 Å². The van der Waals surface area contributed by atoms with E-state index in [0.717, 1.165) is 5.56 Å². The van der Waals surface area contributed by atoms with Crippen LogP contribution in [0.15, 0.2) is 53.4 Å². The highest BCUT2D eigenvalue weighted by Gasteiger charge is 2.32. The van der Waals surface area contributed by atoms with Crippen LogP contribution in [0.3, 0.4) is 0 Å². The molecule has 1 fully saturated rings. The molecule has 10 heteroatoms. The molecule has 4 rings (SSSR count). The van der Waals surface area contributed by atoms with E-state index in [1.165, 1.54) is 22.7 Å². The number of anilines is 1. The normalized spacial score (nSPS) is 15.2. The van der Waals surface area contributed by atoms with Gasteiger partial charge in [0, 0.05) is 25.4 Å². The van der Waals surface area contributed by atoms with Gasteiger partial charge >= 0.3 is 0 Å². The standard InChI is InChI=1S/C22H23N5O3S2/c28-19(25-22-26-23-14-32-22)16-8-10-27(11-9-16)21(30)17(13-15-5-2-1-3-6-15)24-20(29)18-7-4-12-31-18/h1-7,12,14,16-17H,8-11,13H2,(H,24,29)(H,25,26,28). The van der Waals surface area contributed by atoms with Gasteiger partial charge in [0.25, 0.3) is 5.91 Å². The maximum atomic E-state index is 13.3. The molecule has 8 nitrogen and oxygen atoms in total. The monoisotopic (exact) mass is 469 g/mol. The molecule has 1 atom stereocenters. The van der Waals surface area contributed by atoms with Gasteiger partial charge in [-0.1, -0.05) is 47.7 Å². The number of likely N-dealkylation sites (tertiary alicyclic amines) is 1. The molecule has 3 amide bonds. The number of benzene rings is 1. The van der Waals surface area contributed by atoms with Crippen molar-refractivity contribution in [3.8, 4) is 0 Å². The second kappa shape index (κ2) is 10.5. The molecule has 3 aromatic rings. The number of carbonyl (C=O) groups excluding carboxylic acids is 3. The molecule has 0 radical (unpaired) electrons. The van der Waals surface area contributed by atoms with E-state index >= 15 is 0 Å². The van der Waals surface area contributed by atoms with Crippen LogP contribution in [-0.2, 0) is 16.0 Å². The molecule has 1 unspecified atom stereocenters. The summed E-state index contributed by atoms with van der Waals surface area (Å²) in [4.78, 5) is 40.8. The van der Waals surface area contributed by atoms with Gasteiger partial charge < -0.3 is 15.5 Å². The van der Waals surface area contributed by atoms with Gasteiger partial charge in [-0.15, -0.1) is 21.5 Å². The first-order valence-electron chi connectivity index (χ1n) is 10.3. The Morgan fingerprint density at radius 1 is 1.06 bits per heavy atom. The zero-order valence-corrected chi connectivity index (χ0v) is 18.9. The number of carbonyl (C=O) groups is 3. The van der Waals surface area contributed by atoms with Gasteiger partial charge in [0.15, 0.2) is 0 Å². The highest BCUT2D eigenvalue weighted by atomic mass is 32.1. The fourth-order valence-corrected chi connectivity index (χ4v) is 4.78. The molecular formula is C22H23N5O3S2. The first-order valence-corrected chi connectivity index (χ1v) is 12.1. The number of hydrogen-bond donors (Lipinski definition) is 2. The molecule has 32 heavy (non-hydrogen) atoms. The highest BCUT2D eigenvalue weighted by molar-refractivity contribution is 7.13. The van der Waals surface area contributed by atoms with Gasteiger partial charge in [-0.25, -0.2) is 0 Å². The van der Waals surface area contributed by atoms with Crippen molar-refractivity contribution in [2.24, 2.45) is 5.92 Å². The molecule has 0 spiro atoms. The molecule has 1 aromatic carbocycles. The van der Waals surface area contributed by atoms with Crippen molar-refractivity contribution in [2.45, 2.75) is 25.3 Å². The van der Waals surface area contributed by atoms with Crippen molar-refractivity contribution in [1.29, 1.82) is 0 Å². The lowest BCUT2D eigenvalue weighted by Gasteiger charge is -2.33. The van der Waals surface area contributed by atoms with E-state index in [2.05, 4.69) is 20.8 Å². The number of aromatic nitrogens is 2. The molecule has 0 bridgehead atoms. The third kappa shape index (κ3) is 5.57. The molecule has 2 aromatic heterocycles. The molecule has 3 heterocycles. The number of hydrogen-bond acceptors (Lipinski definition) is 7. The Labute approximate surface area is 193 Å². The van der Waals surface area contributed by atoms with Gasteiger partial charge in [0.2, 0.25) is 16.9 Å². The summed E-state index contributed by atoms with van der Waals surface area (Å²) in [7, 11) is 0. The molecule has 1 aliphatic heterocycles. The number of rotatable bonds is 7. The van der Waals surface area contributed by atoms with Crippen LogP contribution >= 0.6 is 22.7 Å². The predicted octanol–water partition coefficient (Wildman–Crippen LogP) is 2.82. The lowest BCUT2D eigenvalue weighted by Crippen LogP contribution is -2.52. The van der Waals surface area contributed by atoms with Crippen LogP contribution in [0.2, 0.25) is 0 Å². The summed E-state index contributed by atoms with van der Waals surface area (Å²) in [6, 6.07) is 12.5. The lowest BCUT2D eigenvalue weighted by atomic mass is 9.95. The van der Waals surface area contributed by atoms with Crippen molar-refractivity contribution in [2.75, 3.05) is 18.4 Å². The number of nitrogens with one attached hydrogen (secondary N) is 2. The van der Waals surface area contributed by atoms with Crippen molar-refractivity contribution in [3.05, 3.63) is 63.8 Å². The van der Waals surface area contributed by atoms with Gasteiger partial charge in [-0.3, -0.25) is 14.4 Å². The van der Waals surface area contributed by atoms with E-state index in [4.69, 9.17) is 0 Å². The minimum atomic E-state index is -0.668. The van der Waals surface area contributed by atoms with Crippen molar-refractivity contribution >= 4 is 45.5 Å². The molecular weight excluding hydrogens is 446 g/mol. The minimum absolute atomic E-state index is 0.0966. The zero-order chi connectivity index (χ0) is 22.3. The molecule has 1 aliphatic rings. The Morgan fingerprint density at radius 2 is 1.84 bits per heavy atom.